The Morgan fingerprint density at radius 3 is 2.33 bits per heavy atom. The summed E-state index contributed by atoms with van der Waals surface area (Å²) in [6, 6.07) is 0. The van der Waals surface area contributed by atoms with Crippen molar-refractivity contribution < 1.29 is 24.9 Å². The van der Waals surface area contributed by atoms with Gasteiger partial charge in [-0.05, 0) is 0 Å². The second-order valence-electron chi connectivity index (χ2n) is 3.79. The largest absolute Gasteiger partial charge is 0.480 e. The molecule has 1 atom stereocenters. The minimum absolute atomic E-state index is 0.361. The third kappa shape index (κ3) is 4.73. The van der Waals surface area contributed by atoms with Gasteiger partial charge in [-0.25, -0.2) is 5.43 Å². The summed E-state index contributed by atoms with van der Waals surface area (Å²) in [5, 5.41) is 26.6. The Bertz CT molecular complexity index is 241. The number of carboxylic acid groups (broad SMARTS) is 1. The van der Waals surface area contributed by atoms with Gasteiger partial charge in [0, 0.05) is 5.41 Å². The highest BCUT2D eigenvalue weighted by Crippen LogP contribution is 2.19. The van der Waals surface area contributed by atoms with E-state index < -0.39 is 29.9 Å². The van der Waals surface area contributed by atoms with Gasteiger partial charge < -0.3 is 15.3 Å². The van der Waals surface area contributed by atoms with Crippen molar-refractivity contribution in [2.24, 2.45) is 5.41 Å². The summed E-state index contributed by atoms with van der Waals surface area (Å²) in [5.74, 6) is -1.92. The lowest BCUT2D eigenvalue weighted by atomic mass is 9.87. The van der Waals surface area contributed by atoms with Crippen LogP contribution in [0.2, 0.25) is 0 Å². The molecular formula is C8H16N2O5. The minimum Gasteiger partial charge on any atom is -0.480 e. The van der Waals surface area contributed by atoms with Gasteiger partial charge in [-0.3, -0.25) is 15.0 Å². The van der Waals surface area contributed by atoms with Crippen LogP contribution in [0, 0.1) is 5.41 Å². The van der Waals surface area contributed by atoms with E-state index in [9.17, 15) is 14.7 Å². The second-order valence-corrected chi connectivity index (χ2v) is 3.79. The molecule has 0 saturated carbocycles. The number of hydrazine groups is 1. The summed E-state index contributed by atoms with van der Waals surface area (Å²) in [6.07, 6.45) is -1.41. The maximum absolute atomic E-state index is 11.2. The fourth-order valence-corrected chi connectivity index (χ4v) is 0.717. The van der Waals surface area contributed by atoms with Crippen LogP contribution in [-0.2, 0) is 9.59 Å². The van der Waals surface area contributed by atoms with E-state index in [1.54, 1.807) is 0 Å². The fourth-order valence-electron chi connectivity index (χ4n) is 0.717. The molecule has 0 rings (SSSR count). The van der Waals surface area contributed by atoms with Crippen molar-refractivity contribution in [1.29, 1.82) is 0 Å². The first-order valence-electron chi connectivity index (χ1n) is 4.34. The second kappa shape index (κ2) is 5.64. The molecule has 0 aromatic carbocycles. The number of carbonyl (C=O) groups excluding carboxylic acids is 1. The maximum atomic E-state index is 11.2. The Balaban J connectivity index is 4.05. The van der Waals surface area contributed by atoms with Gasteiger partial charge in [-0.1, -0.05) is 13.8 Å². The van der Waals surface area contributed by atoms with Crippen molar-refractivity contribution >= 4 is 11.9 Å². The van der Waals surface area contributed by atoms with E-state index in [1.807, 2.05) is 5.43 Å². The minimum atomic E-state index is -1.41. The van der Waals surface area contributed by atoms with E-state index in [-0.39, 0.29) is 6.61 Å². The van der Waals surface area contributed by atoms with Gasteiger partial charge >= 0.3 is 5.97 Å². The average molecular weight is 220 g/mol. The number of rotatable bonds is 6. The van der Waals surface area contributed by atoms with Gasteiger partial charge in [0.25, 0.3) is 5.91 Å². The Labute approximate surface area is 87.1 Å². The van der Waals surface area contributed by atoms with E-state index in [4.69, 9.17) is 10.2 Å². The van der Waals surface area contributed by atoms with Gasteiger partial charge in [0.2, 0.25) is 0 Å². The number of carboxylic acids is 1. The molecular weight excluding hydrogens is 204 g/mol. The first kappa shape index (κ1) is 13.8. The molecule has 7 nitrogen and oxygen atoms in total. The van der Waals surface area contributed by atoms with Gasteiger partial charge in [0.15, 0.2) is 0 Å². The Morgan fingerprint density at radius 1 is 1.40 bits per heavy atom. The number of hydrogen-bond donors (Lipinski definition) is 5. The highest BCUT2D eigenvalue weighted by atomic mass is 16.4. The van der Waals surface area contributed by atoms with Crippen LogP contribution in [0.3, 0.4) is 0 Å². The van der Waals surface area contributed by atoms with Crippen molar-refractivity contribution in [1.82, 2.24) is 10.9 Å². The zero-order chi connectivity index (χ0) is 12.1. The van der Waals surface area contributed by atoms with Crippen LogP contribution in [0.5, 0.6) is 0 Å². The number of aliphatic hydroxyl groups is 2. The van der Waals surface area contributed by atoms with Crippen LogP contribution in [0.25, 0.3) is 0 Å². The number of aliphatic carboxylic acids is 1. The van der Waals surface area contributed by atoms with E-state index >= 15 is 0 Å². The normalized spacial score (nSPS) is 13.3. The molecule has 5 N–H and O–H groups in total. The quantitative estimate of drug-likeness (QED) is 0.333. The van der Waals surface area contributed by atoms with Crippen LogP contribution >= 0.6 is 0 Å². The molecule has 0 radical (unpaired) electrons. The predicted molar refractivity (Wildman–Crippen MR) is 50.7 cm³/mol. The first-order valence-corrected chi connectivity index (χ1v) is 4.34. The lowest BCUT2D eigenvalue weighted by molar-refractivity contribution is -0.139. The molecule has 0 aliphatic heterocycles. The number of carbonyl (C=O) groups is 2. The topological polar surface area (TPSA) is 119 Å². The summed E-state index contributed by atoms with van der Waals surface area (Å²) in [4.78, 5) is 21.3. The molecule has 0 fully saturated rings. The lowest BCUT2D eigenvalue weighted by Gasteiger charge is -2.26. The smallest absolute Gasteiger partial charge is 0.319 e. The summed E-state index contributed by atoms with van der Waals surface area (Å²) in [6.45, 7) is 2.21. The molecule has 15 heavy (non-hydrogen) atoms. The van der Waals surface area contributed by atoms with Crippen molar-refractivity contribution in [3.63, 3.8) is 0 Å². The lowest BCUT2D eigenvalue weighted by Crippen LogP contribution is -2.51. The molecule has 0 aromatic rings. The molecule has 0 aromatic heterocycles. The molecule has 1 unspecified atom stereocenters. The summed E-state index contributed by atoms with van der Waals surface area (Å²) < 4.78 is 0. The van der Waals surface area contributed by atoms with Gasteiger partial charge in [0.1, 0.15) is 12.6 Å². The monoisotopic (exact) mass is 220 g/mol. The van der Waals surface area contributed by atoms with Crippen molar-refractivity contribution in [3.05, 3.63) is 0 Å². The molecule has 0 spiro atoms. The Hall–Kier alpha value is -1.18. The number of aliphatic hydroxyl groups excluding tert-OH is 2. The fraction of sp³-hybridized carbons (Fsp3) is 0.750. The summed E-state index contributed by atoms with van der Waals surface area (Å²) >= 11 is 0. The SMILES string of the molecule is CC(C)(CO)C(O)C(=O)NNCC(=O)O. The van der Waals surface area contributed by atoms with Crippen LogP contribution in [0.1, 0.15) is 13.8 Å². The average Bonchev–Trinajstić information content (AvgIpc) is 2.15. The van der Waals surface area contributed by atoms with Gasteiger partial charge in [0.05, 0.1) is 6.61 Å². The van der Waals surface area contributed by atoms with Crippen molar-refractivity contribution in [2.45, 2.75) is 20.0 Å². The van der Waals surface area contributed by atoms with Crippen molar-refractivity contribution in [3.8, 4) is 0 Å². The van der Waals surface area contributed by atoms with Crippen LogP contribution in [0.15, 0.2) is 0 Å². The van der Waals surface area contributed by atoms with E-state index in [0.717, 1.165) is 0 Å². The standard InChI is InChI=1S/C8H16N2O5/c1-8(2,4-11)6(14)7(15)10-9-3-5(12)13/h6,9,11,14H,3-4H2,1-2H3,(H,10,15)(H,12,13). The van der Waals surface area contributed by atoms with Crippen LogP contribution in [0.4, 0.5) is 0 Å². The van der Waals surface area contributed by atoms with E-state index in [0.29, 0.717) is 0 Å². The third-order valence-corrected chi connectivity index (χ3v) is 1.85. The predicted octanol–water partition coefficient (Wildman–Crippen LogP) is -1.93. The third-order valence-electron chi connectivity index (χ3n) is 1.85. The highest BCUT2D eigenvalue weighted by molar-refractivity contribution is 5.81. The number of amides is 1. The molecule has 7 heteroatoms. The molecule has 0 aliphatic carbocycles. The molecule has 0 aliphatic rings. The molecule has 0 saturated heterocycles. The number of hydrogen-bond acceptors (Lipinski definition) is 5. The molecule has 0 bridgehead atoms. The van der Waals surface area contributed by atoms with E-state index in [1.165, 1.54) is 13.8 Å². The zero-order valence-electron chi connectivity index (χ0n) is 8.65. The van der Waals surface area contributed by atoms with E-state index in [2.05, 4.69) is 5.43 Å². The van der Waals surface area contributed by atoms with Gasteiger partial charge in [-0.2, -0.15) is 0 Å². The maximum Gasteiger partial charge on any atom is 0.319 e. The summed E-state index contributed by atoms with van der Waals surface area (Å²) in [7, 11) is 0. The Kier molecular flexibility index (Phi) is 5.20. The van der Waals surface area contributed by atoms with Crippen molar-refractivity contribution in [2.75, 3.05) is 13.2 Å². The molecule has 1 amide bonds. The number of nitrogens with one attached hydrogen (secondary N) is 2. The van der Waals surface area contributed by atoms with Gasteiger partial charge in [-0.15, -0.1) is 0 Å². The molecule has 88 valence electrons. The Morgan fingerprint density at radius 2 is 1.93 bits per heavy atom. The van der Waals surface area contributed by atoms with Crippen LogP contribution < -0.4 is 10.9 Å². The highest BCUT2D eigenvalue weighted by Gasteiger charge is 2.32. The first-order chi connectivity index (χ1) is 6.81. The molecule has 0 heterocycles. The summed E-state index contributed by atoms with van der Waals surface area (Å²) in [5.41, 5.74) is 3.17. The van der Waals surface area contributed by atoms with Crippen LogP contribution in [-0.4, -0.2) is 46.5 Å². The zero-order valence-corrected chi connectivity index (χ0v) is 8.65.